The maximum absolute atomic E-state index is 13.3. The van der Waals surface area contributed by atoms with Crippen LogP contribution in [-0.4, -0.2) is 27.8 Å². The average Bonchev–Trinajstić information content (AvgIpc) is 2.77. The molecule has 33 heavy (non-hydrogen) atoms. The van der Waals surface area contributed by atoms with E-state index in [0.717, 1.165) is 4.57 Å². The summed E-state index contributed by atoms with van der Waals surface area (Å²) in [5, 5.41) is 2.87. The Morgan fingerprint density at radius 2 is 1.67 bits per heavy atom. The number of nitrogens with one attached hydrogen (secondary N) is 1. The number of hydrogen-bond donors (Lipinski definition) is 1. The Bertz CT molecular complexity index is 1600. The second kappa shape index (κ2) is 8.81. The van der Waals surface area contributed by atoms with Gasteiger partial charge in [-0.25, -0.2) is 18.2 Å². The zero-order chi connectivity index (χ0) is 23.8. The van der Waals surface area contributed by atoms with Gasteiger partial charge in [-0.05, 0) is 54.6 Å². The lowest BCUT2D eigenvalue weighted by Crippen LogP contribution is -2.45. The molecule has 2 heterocycles. The average molecular weight is 505 g/mol. The molecule has 1 amide bonds. The van der Waals surface area contributed by atoms with Crippen LogP contribution in [-0.2, 0) is 21.4 Å². The van der Waals surface area contributed by atoms with Gasteiger partial charge in [0.1, 0.15) is 12.4 Å². The molecule has 4 rings (SSSR count). The fourth-order valence-electron chi connectivity index (χ4n) is 3.16. The molecule has 0 saturated heterocycles. The van der Waals surface area contributed by atoms with E-state index in [1.165, 1.54) is 48.7 Å². The summed E-state index contributed by atoms with van der Waals surface area (Å²) in [7, 11) is -4.60. The van der Waals surface area contributed by atoms with Crippen LogP contribution in [0.1, 0.15) is 0 Å². The zero-order valence-corrected chi connectivity index (χ0v) is 18.9. The minimum atomic E-state index is -4.60. The lowest BCUT2D eigenvalue weighted by molar-refractivity contribution is -0.116. The van der Waals surface area contributed by atoms with E-state index in [4.69, 9.17) is 23.2 Å². The molecule has 0 atom stereocenters. The number of carbonyl (C=O) groups is 1. The van der Waals surface area contributed by atoms with Crippen molar-refractivity contribution in [1.82, 2.24) is 13.5 Å². The fourth-order valence-corrected chi connectivity index (χ4v) is 4.76. The Kier molecular flexibility index (Phi) is 6.07. The number of nitrogens with zero attached hydrogens (tertiary/aromatic N) is 3. The van der Waals surface area contributed by atoms with Gasteiger partial charge in [-0.15, -0.1) is 3.97 Å². The monoisotopic (exact) mass is 504 g/mol. The van der Waals surface area contributed by atoms with Crippen LogP contribution in [0, 0.1) is 0 Å². The lowest BCUT2D eigenvalue weighted by atomic mass is 10.2. The summed E-state index contributed by atoms with van der Waals surface area (Å²) in [6.45, 7) is -0.595. The highest BCUT2D eigenvalue weighted by molar-refractivity contribution is 7.90. The molecule has 0 aliphatic carbocycles. The quantitative estimate of drug-likeness (QED) is 0.446. The Morgan fingerprint density at radius 1 is 0.970 bits per heavy atom. The van der Waals surface area contributed by atoms with E-state index in [9.17, 15) is 22.8 Å². The van der Waals surface area contributed by atoms with E-state index in [1.807, 2.05) is 0 Å². The molecular weight excluding hydrogens is 491 g/mol. The van der Waals surface area contributed by atoms with Gasteiger partial charge in [-0.1, -0.05) is 29.3 Å². The Labute approximate surface area is 196 Å². The molecule has 2 aromatic carbocycles. The molecular formula is C21H14Cl2N4O5S. The number of pyridine rings is 1. The van der Waals surface area contributed by atoms with E-state index >= 15 is 0 Å². The summed E-state index contributed by atoms with van der Waals surface area (Å²) >= 11 is 11.9. The summed E-state index contributed by atoms with van der Waals surface area (Å²) < 4.78 is 27.4. The molecule has 4 aromatic rings. The van der Waals surface area contributed by atoms with Crippen molar-refractivity contribution in [3.05, 3.63) is 97.7 Å². The number of halogens is 2. The van der Waals surface area contributed by atoms with Crippen molar-refractivity contribution in [2.24, 2.45) is 0 Å². The predicted molar refractivity (Wildman–Crippen MR) is 124 cm³/mol. The molecule has 0 bridgehead atoms. The highest BCUT2D eigenvalue weighted by atomic mass is 35.5. The van der Waals surface area contributed by atoms with Gasteiger partial charge in [0.2, 0.25) is 5.91 Å². The maximum Gasteiger partial charge on any atom is 0.346 e. The number of aromatic nitrogens is 3. The van der Waals surface area contributed by atoms with Gasteiger partial charge in [0, 0.05) is 16.2 Å². The molecule has 0 aliphatic rings. The first-order valence-electron chi connectivity index (χ1n) is 9.35. The molecule has 0 unspecified atom stereocenters. The van der Waals surface area contributed by atoms with E-state index in [1.54, 1.807) is 18.2 Å². The Balaban J connectivity index is 1.92. The van der Waals surface area contributed by atoms with Crippen LogP contribution in [0.5, 0.6) is 0 Å². The van der Waals surface area contributed by atoms with Crippen LogP contribution in [0.15, 0.2) is 81.3 Å². The smallest absolute Gasteiger partial charge is 0.309 e. The first-order chi connectivity index (χ1) is 15.7. The highest BCUT2D eigenvalue weighted by Crippen LogP contribution is 2.19. The number of anilines is 1. The van der Waals surface area contributed by atoms with Crippen LogP contribution in [0.25, 0.3) is 10.9 Å². The van der Waals surface area contributed by atoms with Gasteiger partial charge in [-0.2, -0.15) is 0 Å². The van der Waals surface area contributed by atoms with Gasteiger partial charge in [-0.3, -0.25) is 14.2 Å². The molecule has 9 nitrogen and oxygen atoms in total. The molecule has 1 N–H and O–H groups in total. The van der Waals surface area contributed by atoms with E-state index in [-0.39, 0.29) is 35.6 Å². The lowest BCUT2D eigenvalue weighted by Gasteiger charge is -2.14. The largest absolute Gasteiger partial charge is 0.346 e. The third-order valence-corrected chi connectivity index (χ3v) is 6.81. The Hall–Kier alpha value is -3.47. The van der Waals surface area contributed by atoms with Crippen molar-refractivity contribution in [3.63, 3.8) is 0 Å². The third-order valence-electron chi connectivity index (χ3n) is 4.66. The van der Waals surface area contributed by atoms with Crippen LogP contribution in [0.4, 0.5) is 5.82 Å². The van der Waals surface area contributed by atoms with Crippen molar-refractivity contribution < 1.29 is 13.2 Å². The summed E-state index contributed by atoms with van der Waals surface area (Å²) in [5.41, 5.74) is -2.28. The van der Waals surface area contributed by atoms with Gasteiger partial charge < -0.3 is 5.32 Å². The van der Waals surface area contributed by atoms with Crippen LogP contribution < -0.4 is 16.6 Å². The summed E-state index contributed by atoms with van der Waals surface area (Å²) in [6, 6.07) is 13.8. The number of amides is 1. The molecule has 0 aliphatic heterocycles. The molecule has 0 saturated carbocycles. The van der Waals surface area contributed by atoms with E-state index in [2.05, 4.69) is 10.3 Å². The highest BCUT2D eigenvalue weighted by Gasteiger charge is 2.26. The van der Waals surface area contributed by atoms with Crippen molar-refractivity contribution in [2.75, 3.05) is 5.32 Å². The SMILES string of the molecule is O=C(Cn1c(=O)n(S(=O)(=O)c2ccc(Cl)cc2)c(=O)c2ccc(Cl)cc21)Nc1ccccn1. The first-order valence-corrected chi connectivity index (χ1v) is 11.6. The molecule has 0 radical (unpaired) electrons. The van der Waals surface area contributed by atoms with Gasteiger partial charge in [0.15, 0.2) is 0 Å². The van der Waals surface area contributed by atoms with E-state index < -0.39 is 33.7 Å². The number of hydrogen-bond acceptors (Lipinski definition) is 6. The minimum absolute atomic E-state index is 0.0104. The van der Waals surface area contributed by atoms with Crippen molar-refractivity contribution in [2.45, 2.75) is 11.4 Å². The molecule has 0 fully saturated rings. The fraction of sp³-hybridized carbons (Fsp3) is 0.0476. The number of carbonyl (C=O) groups excluding carboxylic acids is 1. The standard InChI is InChI=1S/C21H14Cl2N4O5S/c22-13-4-7-15(8-5-13)33(31,32)27-20(29)16-9-6-14(23)11-17(16)26(21(27)30)12-19(28)25-18-3-1-2-10-24-18/h1-11H,12H2,(H,24,25,28). The van der Waals surface area contributed by atoms with Crippen LogP contribution >= 0.6 is 23.2 Å². The first kappa shape index (κ1) is 22.7. The third kappa shape index (κ3) is 4.40. The minimum Gasteiger partial charge on any atom is -0.309 e. The topological polar surface area (TPSA) is 120 Å². The number of rotatable bonds is 5. The molecule has 0 spiro atoms. The van der Waals surface area contributed by atoms with Crippen LogP contribution in [0.2, 0.25) is 10.0 Å². The molecule has 2 aromatic heterocycles. The molecule has 168 valence electrons. The predicted octanol–water partition coefficient (Wildman–Crippen LogP) is 2.74. The van der Waals surface area contributed by atoms with Crippen molar-refractivity contribution in [3.8, 4) is 0 Å². The normalized spacial score (nSPS) is 11.5. The Morgan fingerprint density at radius 3 is 2.33 bits per heavy atom. The van der Waals surface area contributed by atoms with Gasteiger partial charge >= 0.3 is 5.69 Å². The van der Waals surface area contributed by atoms with Gasteiger partial charge in [0.05, 0.1) is 15.8 Å². The number of benzene rings is 2. The zero-order valence-electron chi connectivity index (χ0n) is 16.6. The second-order valence-electron chi connectivity index (χ2n) is 6.82. The van der Waals surface area contributed by atoms with Gasteiger partial charge in [0.25, 0.3) is 15.6 Å². The summed E-state index contributed by atoms with van der Waals surface area (Å²) in [6.07, 6.45) is 1.47. The van der Waals surface area contributed by atoms with E-state index in [0.29, 0.717) is 0 Å². The van der Waals surface area contributed by atoms with Crippen molar-refractivity contribution in [1.29, 1.82) is 0 Å². The summed E-state index contributed by atoms with van der Waals surface area (Å²) in [5.74, 6) is -0.425. The maximum atomic E-state index is 13.3. The summed E-state index contributed by atoms with van der Waals surface area (Å²) in [4.78, 5) is 42.6. The molecule has 12 heteroatoms. The number of fused-ring (bicyclic) bond motifs is 1. The van der Waals surface area contributed by atoms with Crippen LogP contribution in [0.3, 0.4) is 0 Å². The van der Waals surface area contributed by atoms with Crippen molar-refractivity contribution >= 4 is 55.9 Å². The second-order valence-corrected chi connectivity index (χ2v) is 9.48.